The van der Waals surface area contributed by atoms with Crippen molar-refractivity contribution in [3.05, 3.63) is 17.1 Å². The largest absolute Gasteiger partial charge is 0.354 e. The number of nitrogens with two attached hydrogens (primary N) is 1. The topological polar surface area (TPSA) is 70.8 Å². The van der Waals surface area contributed by atoms with Gasteiger partial charge in [0.15, 0.2) is 0 Å². The molecule has 0 spiro atoms. The monoisotopic (exact) mass is 259 g/mol. The number of hydrogen-bond donors (Lipinski definition) is 2. The highest BCUT2D eigenvalue weighted by Gasteiger charge is 2.22. The molecule has 0 saturated carbocycles. The average molecular weight is 259 g/mol. The van der Waals surface area contributed by atoms with Gasteiger partial charge in [-0.05, 0) is 39.2 Å². The van der Waals surface area contributed by atoms with Gasteiger partial charge < -0.3 is 15.6 Å². The first-order valence-electron chi connectivity index (χ1n) is 6.90. The van der Waals surface area contributed by atoms with Crippen LogP contribution in [0.5, 0.6) is 0 Å². The number of piperidine rings is 1. The van der Waals surface area contributed by atoms with Crippen LogP contribution in [0.4, 0.5) is 5.82 Å². The molecule has 2 aromatic rings. The molecule has 19 heavy (non-hydrogen) atoms. The zero-order chi connectivity index (χ0) is 13.6. The summed E-state index contributed by atoms with van der Waals surface area (Å²) >= 11 is 0. The Kier molecular flexibility index (Phi) is 2.93. The van der Waals surface area contributed by atoms with E-state index in [1.54, 1.807) is 0 Å². The lowest BCUT2D eigenvalue weighted by atomic mass is 10.1. The Morgan fingerprint density at radius 2 is 2.05 bits per heavy atom. The third-order valence-corrected chi connectivity index (χ3v) is 4.00. The van der Waals surface area contributed by atoms with Crippen LogP contribution in [0.25, 0.3) is 11.0 Å². The Labute approximate surface area is 113 Å². The van der Waals surface area contributed by atoms with Gasteiger partial charge >= 0.3 is 0 Å². The molecular weight excluding hydrogens is 238 g/mol. The molecule has 0 amide bonds. The minimum Gasteiger partial charge on any atom is -0.354 e. The van der Waals surface area contributed by atoms with Crippen LogP contribution >= 0.6 is 0 Å². The number of rotatable bonds is 1. The van der Waals surface area contributed by atoms with Gasteiger partial charge in [-0.3, -0.25) is 0 Å². The minimum absolute atomic E-state index is 0.249. The summed E-state index contributed by atoms with van der Waals surface area (Å²) < 4.78 is 0. The van der Waals surface area contributed by atoms with Crippen LogP contribution in [0.15, 0.2) is 0 Å². The second-order valence-electron chi connectivity index (χ2n) is 5.54. The predicted octanol–water partition coefficient (Wildman–Crippen LogP) is 1.81. The van der Waals surface area contributed by atoms with Crippen molar-refractivity contribution in [3.63, 3.8) is 0 Å². The SMILES string of the molecule is Cc1nc(N2CCCC(N)C2)c2c(C)c(C)[nH]c2n1. The standard InChI is InChI=1S/C14H21N5/c1-8-9(2)16-13-12(8)14(18-10(3)17-13)19-6-4-5-11(15)7-19/h11H,4-7,15H2,1-3H3,(H,16,17,18). The van der Waals surface area contributed by atoms with Crippen LogP contribution in [0, 0.1) is 20.8 Å². The highest BCUT2D eigenvalue weighted by atomic mass is 15.2. The second kappa shape index (κ2) is 4.49. The predicted molar refractivity (Wildman–Crippen MR) is 77.5 cm³/mol. The minimum atomic E-state index is 0.249. The van der Waals surface area contributed by atoms with Gasteiger partial charge in [-0.1, -0.05) is 0 Å². The average Bonchev–Trinajstić information content (AvgIpc) is 2.64. The van der Waals surface area contributed by atoms with E-state index in [9.17, 15) is 0 Å². The fourth-order valence-corrected chi connectivity index (χ4v) is 2.88. The first-order chi connectivity index (χ1) is 9.06. The lowest BCUT2D eigenvalue weighted by Crippen LogP contribution is -2.43. The molecule has 1 atom stereocenters. The Bertz CT molecular complexity index is 616. The molecule has 0 bridgehead atoms. The molecule has 0 aliphatic carbocycles. The number of nitrogens with one attached hydrogen (secondary N) is 1. The number of aromatic nitrogens is 3. The number of nitrogens with zero attached hydrogens (tertiary/aromatic N) is 3. The molecule has 1 saturated heterocycles. The van der Waals surface area contributed by atoms with Gasteiger partial charge in [0.1, 0.15) is 17.3 Å². The van der Waals surface area contributed by atoms with Crippen LogP contribution in [-0.4, -0.2) is 34.1 Å². The van der Waals surface area contributed by atoms with Crippen molar-refractivity contribution < 1.29 is 0 Å². The van der Waals surface area contributed by atoms with Crippen LogP contribution < -0.4 is 10.6 Å². The molecule has 1 aliphatic heterocycles. The number of aromatic amines is 1. The highest BCUT2D eigenvalue weighted by molar-refractivity contribution is 5.92. The number of anilines is 1. The summed E-state index contributed by atoms with van der Waals surface area (Å²) in [4.78, 5) is 14.8. The van der Waals surface area contributed by atoms with E-state index in [-0.39, 0.29) is 6.04 Å². The summed E-state index contributed by atoms with van der Waals surface area (Å²) in [5.74, 6) is 1.85. The van der Waals surface area contributed by atoms with E-state index in [0.717, 1.165) is 54.3 Å². The molecule has 3 rings (SSSR count). The van der Waals surface area contributed by atoms with Gasteiger partial charge in [0.25, 0.3) is 0 Å². The number of aryl methyl sites for hydroxylation is 3. The quantitative estimate of drug-likeness (QED) is 0.819. The Hall–Kier alpha value is -1.62. The van der Waals surface area contributed by atoms with Gasteiger partial charge in [0, 0.05) is 24.8 Å². The third kappa shape index (κ3) is 2.08. The van der Waals surface area contributed by atoms with Crippen molar-refractivity contribution in [1.82, 2.24) is 15.0 Å². The number of hydrogen-bond acceptors (Lipinski definition) is 4. The molecule has 0 radical (unpaired) electrons. The maximum absolute atomic E-state index is 6.09. The molecule has 2 aromatic heterocycles. The van der Waals surface area contributed by atoms with E-state index in [1.165, 1.54) is 5.56 Å². The van der Waals surface area contributed by atoms with Crippen LogP contribution in [0.1, 0.15) is 29.9 Å². The van der Waals surface area contributed by atoms with E-state index in [4.69, 9.17) is 5.73 Å². The summed E-state index contributed by atoms with van der Waals surface area (Å²) in [5.41, 5.74) is 9.44. The molecule has 1 unspecified atom stereocenters. The van der Waals surface area contributed by atoms with Crippen molar-refractivity contribution in [3.8, 4) is 0 Å². The van der Waals surface area contributed by atoms with Crippen LogP contribution in [0.2, 0.25) is 0 Å². The van der Waals surface area contributed by atoms with Crippen molar-refractivity contribution in [2.45, 2.75) is 39.7 Å². The van der Waals surface area contributed by atoms with Crippen molar-refractivity contribution >= 4 is 16.9 Å². The maximum Gasteiger partial charge on any atom is 0.143 e. The summed E-state index contributed by atoms with van der Waals surface area (Å²) in [6.45, 7) is 8.06. The van der Waals surface area contributed by atoms with E-state index in [1.807, 2.05) is 6.92 Å². The van der Waals surface area contributed by atoms with Crippen LogP contribution in [-0.2, 0) is 0 Å². The van der Waals surface area contributed by atoms with Crippen molar-refractivity contribution in [2.24, 2.45) is 5.73 Å². The zero-order valence-electron chi connectivity index (χ0n) is 11.8. The lowest BCUT2D eigenvalue weighted by Gasteiger charge is -2.32. The summed E-state index contributed by atoms with van der Waals surface area (Å²) in [5, 5.41) is 1.15. The van der Waals surface area contributed by atoms with E-state index in [2.05, 4.69) is 33.7 Å². The first-order valence-corrected chi connectivity index (χ1v) is 6.90. The van der Waals surface area contributed by atoms with Crippen molar-refractivity contribution in [2.75, 3.05) is 18.0 Å². The number of H-pyrrole nitrogens is 1. The molecule has 5 heteroatoms. The number of fused-ring (bicyclic) bond motifs is 1. The highest BCUT2D eigenvalue weighted by Crippen LogP contribution is 2.30. The van der Waals surface area contributed by atoms with Gasteiger partial charge in [-0.2, -0.15) is 0 Å². The molecule has 0 aromatic carbocycles. The molecule has 5 nitrogen and oxygen atoms in total. The van der Waals surface area contributed by atoms with Gasteiger partial charge in [-0.25, -0.2) is 9.97 Å². The molecule has 3 heterocycles. The third-order valence-electron chi connectivity index (χ3n) is 4.00. The Balaban J connectivity index is 2.16. The first kappa shape index (κ1) is 12.4. The smallest absolute Gasteiger partial charge is 0.143 e. The maximum atomic E-state index is 6.09. The van der Waals surface area contributed by atoms with Crippen molar-refractivity contribution in [1.29, 1.82) is 0 Å². The molecule has 102 valence electrons. The lowest BCUT2D eigenvalue weighted by molar-refractivity contribution is 0.503. The second-order valence-corrected chi connectivity index (χ2v) is 5.54. The Morgan fingerprint density at radius 3 is 2.79 bits per heavy atom. The fourth-order valence-electron chi connectivity index (χ4n) is 2.88. The zero-order valence-corrected chi connectivity index (χ0v) is 11.8. The molecule has 1 aliphatic rings. The molecule has 3 N–H and O–H groups in total. The van der Waals surface area contributed by atoms with Gasteiger partial charge in [-0.15, -0.1) is 0 Å². The van der Waals surface area contributed by atoms with E-state index < -0.39 is 0 Å². The summed E-state index contributed by atoms with van der Waals surface area (Å²) in [6, 6.07) is 0.249. The molecular formula is C14H21N5. The van der Waals surface area contributed by atoms with E-state index >= 15 is 0 Å². The fraction of sp³-hybridized carbons (Fsp3) is 0.571. The van der Waals surface area contributed by atoms with Gasteiger partial charge in [0.2, 0.25) is 0 Å². The van der Waals surface area contributed by atoms with E-state index in [0.29, 0.717) is 0 Å². The normalized spacial score (nSPS) is 20.2. The molecule has 1 fully saturated rings. The summed E-state index contributed by atoms with van der Waals surface area (Å²) in [6.07, 6.45) is 2.24. The Morgan fingerprint density at radius 1 is 1.26 bits per heavy atom. The van der Waals surface area contributed by atoms with Crippen LogP contribution in [0.3, 0.4) is 0 Å². The summed E-state index contributed by atoms with van der Waals surface area (Å²) in [7, 11) is 0. The van der Waals surface area contributed by atoms with Gasteiger partial charge in [0.05, 0.1) is 5.39 Å².